The summed E-state index contributed by atoms with van der Waals surface area (Å²) in [7, 11) is 0. The van der Waals surface area contributed by atoms with Crippen LogP contribution in [0.3, 0.4) is 0 Å². The molecule has 0 aliphatic carbocycles. The second-order valence-corrected chi connectivity index (χ2v) is 5.95. The van der Waals surface area contributed by atoms with Crippen LogP contribution in [0.4, 0.5) is 0 Å². The number of hydrogen-bond acceptors (Lipinski definition) is 2. The molecule has 0 heterocycles. The smallest absolute Gasteiger partial charge is 0.0692 e. The van der Waals surface area contributed by atoms with Crippen LogP contribution in [0.15, 0.2) is 46.2 Å². The van der Waals surface area contributed by atoms with Crippen LogP contribution in [0.1, 0.15) is 5.56 Å². The average molecular weight is 320 g/mol. The van der Waals surface area contributed by atoms with E-state index in [1.54, 1.807) is 36.4 Å². The highest BCUT2D eigenvalue weighted by atomic mass is 35.5. The highest BCUT2D eigenvalue weighted by Crippen LogP contribution is 2.37. The molecule has 0 radical (unpaired) electrons. The molecular weight excluding hydrogens is 311 g/mol. The molecule has 0 bridgehead atoms. The van der Waals surface area contributed by atoms with Crippen molar-refractivity contribution in [1.29, 1.82) is 0 Å². The van der Waals surface area contributed by atoms with Crippen molar-refractivity contribution in [3.8, 4) is 0 Å². The molecule has 2 aromatic rings. The molecule has 2 rings (SSSR count). The van der Waals surface area contributed by atoms with Gasteiger partial charge in [-0.05, 0) is 35.9 Å². The Kier molecular flexibility index (Phi) is 4.82. The van der Waals surface area contributed by atoms with Gasteiger partial charge >= 0.3 is 0 Å². The molecule has 2 aromatic carbocycles. The first kappa shape index (κ1) is 14.0. The molecule has 0 aliphatic heterocycles. The van der Waals surface area contributed by atoms with Gasteiger partial charge in [0.1, 0.15) is 0 Å². The second kappa shape index (κ2) is 6.18. The number of rotatable bonds is 3. The second-order valence-electron chi connectivity index (χ2n) is 3.59. The maximum atomic E-state index is 9.30. The SMILES string of the molecule is OCc1ccc(Cl)cc1Sc1cc(Cl)ccc1Cl. The van der Waals surface area contributed by atoms with Gasteiger partial charge in [0.25, 0.3) is 0 Å². The molecule has 0 fully saturated rings. The van der Waals surface area contributed by atoms with Crippen LogP contribution < -0.4 is 0 Å². The normalized spacial score (nSPS) is 10.7. The summed E-state index contributed by atoms with van der Waals surface area (Å²) >= 11 is 19.4. The van der Waals surface area contributed by atoms with E-state index in [2.05, 4.69) is 0 Å². The minimum Gasteiger partial charge on any atom is -0.392 e. The summed E-state index contributed by atoms with van der Waals surface area (Å²) in [5.41, 5.74) is 0.806. The summed E-state index contributed by atoms with van der Waals surface area (Å²) in [5, 5.41) is 11.2. The molecule has 0 aliphatic rings. The Hall–Kier alpha value is -0.380. The zero-order chi connectivity index (χ0) is 13.1. The Labute approximate surface area is 125 Å². The highest BCUT2D eigenvalue weighted by molar-refractivity contribution is 7.99. The third kappa shape index (κ3) is 3.34. The first-order valence-corrected chi connectivity index (χ1v) is 7.07. The van der Waals surface area contributed by atoms with Gasteiger partial charge in [0, 0.05) is 19.8 Å². The van der Waals surface area contributed by atoms with Gasteiger partial charge in [-0.3, -0.25) is 0 Å². The summed E-state index contributed by atoms with van der Waals surface area (Å²) in [4.78, 5) is 1.70. The minimum absolute atomic E-state index is 0.0440. The first-order valence-electron chi connectivity index (χ1n) is 5.12. The Bertz CT molecular complexity index is 572. The fourth-order valence-electron chi connectivity index (χ4n) is 1.43. The summed E-state index contributed by atoms with van der Waals surface area (Å²) in [6.07, 6.45) is 0. The molecule has 0 unspecified atom stereocenters. The molecule has 1 nitrogen and oxygen atoms in total. The highest BCUT2D eigenvalue weighted by Gasteiger charge is 2.08. The van der Waals surface area contributed by atoms with Gasteiger partial charge in [-0.25, -0.2) is 0 Å². The fraction of sp³-hybridized carbons (Fsp3) is 0.0769. The van der Waals surface area contributed by atoms with E-state index in [0.717, 1.165) is 15.4 Å². The number of benzene rings is 2. The van der Waals surface area contributed by atoms with Crippen molar-refractivity contribution in [2.45, 2.75) is 16.4 Å². The summed E-state index contributed by atoms with van der Waals surface area (Å²) < 4.78 is 0. The topological polar surface area (TPSA) is 20.2 Å². The van der Waals surface area contributed by atoms with E-state index in [1.807, 2.05) is 0 Å². The van der Waals surface area contributed by atoms with Gasteiger partial charge in [-0.1, -0.05) is 52.6 Å². The van der Waals surface area contributed by atoms with Gasteiger partial charge < -0.3 is 5.11 Å². The number of halogens is 3. The maximum absolute atomic E-state index is 9.30. The van der Waals surface area contributed by atoms with Crippen LogP contribution in [-0.4, -0.2) is 5.11 Å². The largest absolute Gasteiger partial charge is 0.392 e. The summed E-state index contributed by atoms with van der Waals surface area (Å²) in [6.45, 7) is -0.0440. The predicted octanol–water partition coefficient (Wildman–Crippen LogP) is 5.29. The zero-order valence-electron chi connectivity index (χ0n) is 9.16. The van der Waals surface area contributed by atoms with Gasteiger partial charge in [0.15, 0.2) is 0 Å². The molecule has 0 spiro atoms. The lowest BCUT2D eigenvalue weighted by atomic mass is 10.2. The average Bonchev–Trinajstić information content (AvgIpc) is 2.34. The Morgan fingerprint density at radius 3 is 2.17 bits per heavy atom. The summed E-state index contributed by atoms with van der Waals surface area (Å²) in [6, 6.07) is 10.6. The monoisotopic (exact) mass is 318 g/mol. The Morgan fingerprint density at radius 1 is 0.889 bits per heavy atom. The maximum Gasteiger partial charge on any atom is 0.0692 e. The van der Waals surface area contributed by atoms with E-state index in [-0.39, 0.29) is 6.61 Å². The van der Waals surface area contributed by atoms with Crippen molar-refractivity contribution < 1.29 is 5.11 Å². The van der Waals surface area contributed by atoms with Crippen molar-refractivity contribution in [3.63, 3.8) is 0 Å². The van der Waals surface area contributed by atoms with E-state index >= 15 is 0 Å². The Morgan fingerprint density at radius 2 is 1.50 bits per heavy atom. The zero-order valence-corrected chi connectivity index (χ0v) is 12.2. The van der Waals surface area contributed by atoms with E-state index < -0.39 is 0 Å². The molecule has 18 heavy (non-hydrogen) atoms. The third-order valence-corrected chi connectivity index (χ3v) is 4.38. The standard InChI is InChI=1S/C13H9Cl3OS/c14-9-2-1-8(7-17)12(5-9)18-13-6-10(15)3-4-11(13)16/h1-6,17H,7H2. The third-order valence-electron chi connectivity index (χ3n) is 2.31. The van der Waals surface area contributed by atoms with Crippen molar-refractivity contribution in [1.82, 2.24) is 0 Å². The molecule has 0 saturated heterocycles. The molecule has 0 saturated carbocycles. The molecule has 94 valence electrons. The lowest BCUT2D eigenvalue weighted by Gasteiger charge is -2.09. The quantitative estimate of drug-likeness (QED) is 0.829. The van der Waals surface area contributed by atoms with Gasteiger partial charge in [-0.2, -0.15) is 0 Å². The molecule has 5 heteroatoms. The van der Waals surface area contributed by atoms with Crippen molar-refractivity contribution in [3.05, 3.63) is 57.0 Å². The number of hydrogen-bond donors (Lipinski definition) is 1. The van der Waals surface area contributed by atoms with Crippen LogP contribution in [0.2, 0.25) is 15.1 Å². The van der Waals surface area contributed by atoms with E-state index in [4.69, 9.17) is 34.8 Å². The van der Waals surface area contributed by atoms with Crippen molar-refractivity contribution >= 4 is 46.6 Å². The number of aliphatic hydroxyl groups is 1. The molecule has 0 amide bonds. The van der Waals surface area contributed by atoms with Crippen LogP contribution in [0.25, 0.3) is 0 Å². The van der Waals surface area contributed by atoms with Gasteiger partial charge in [-0.15, -0.1) is 0 Å². The summed E-state index contributed by atoms with van der Waals surface area (Å²) in [5.74, 6) is 0. The molecule has 1 N–H and O–H groups in total. The molecule has 0 atom stereocenters. The van der Waals surface area contributed by atoms with Crippen molar-refractivity contribution in [2.75, 3.05) is 0 Å². The van der Waals surface area contributed by atoms with Gasteiger partial charge in [0.05, 0.1) is 11.6 Å². The lowest BCUT2D eigenvalue weighted by Crippen LogP contribution is -1.87. The van der Waals surface area contributed by atoms with Crippen LogP contribution in [0.5, 0.6) is 0 Å². The minimum atomic E-state index is -0.0440. The predicted molar refractivity (Wildman–Crippen MR) is 78.0 cm³/mol. The van der Waals surface area contributed by atoms with Crippen LogP contribution >= 0.6 is 46.6 Å². The number of aliphatic hydroxyl groups excluding tert-OH is 1. The van der Waals surface area contributed by atoms with Crippen LogP contribution in [-0.2, 0) is 6.61 Å². The first-order chi connectivity index (χ1) is 8.60. The molecular formula is C13H9Cl3OS. The van der Waals surface area contributed by atoms with E-state index in [9.17, 15) is 5.11 Å². The van der Waals surface area contributed by atoms with Gasteiger partial charge in [0.2, 0.25) is 0 Å². The van der Waals surface area contributed by atoms with E-state index in [0.29, 0.717) is 15.1 Å². The fourth-order valence-corrected chi connectivity index (χ4v) is 3.17. The molecule has 0 aromatic heterocycles. The Balaban J connectivity index is 2.38. The van der Waals surface area contributed by atoms with Crippen LogP contribution in [0, 0.1) is 0 Å². The van der Waals surface area contributed by atoms with E-state index in [1.165, 1.54) is 11.8 Å². The lowest BCUT2D eigenvalue weighted by molar-refractivity contribution is 0.279. The van der Waals surface area contributed by atoms with Crippen molar-refractivity contribution in [2.24, 2.45) is 0 Å².